The number of hydrogen-bond donors (Lipinski definition) is 0. The van der Waals surface area contributed by atoms with Crippen molar-refractivity contribution in [3.05, 3.63) is 65.9 Å². The molecule has 0 N–H and O–H groups in total. The molecule has 1 heterocycles. The summed E-state index contributed by atoms with van der Waals surface area (Å²) in [7, 11) is -3.96. The van der Waals surface area contributed by atoms with Crippen molar-refractivity contribution in [2.75, 3.05) is 0 Å². The number of carbonyl (C=O) groups is 1. The van der Waals surface area contributed by atoms with Crippen molar-refractivity contribution in [1.29, 1.82) is 0 Å². The van der Waals surface area contributed by atoms with Crippen molar-refractivity contribution in [2.45, 2.75) is 44.4 Å². The lowest BCUT2D eigenvalue weighted by atomic mass is 9.97. The third-order valence-corrected chi connectivity index (χ3v) is 6.27. The van der Waals surface area contributed by atoms with Gasteiger partial charge in [0.05, 0.1) is 21.7 Å². The minimum atomic E-state index is -3.96. The number of benzene rings is 2. The quantitative estimate of drug-likeness (QED) is 0.598. The van der Waals surface area contributed by atoms with Gasteiger partial charge in [-0.05, 0) is 58.9 Å². The number of para-hydroxylation sites is 1. The monoisotopic (exact) mass is 412 g/mol. The third-order valence-electron chi connectivity index (χ3n) is 4.37. The number of aromatic nitrogens is 2. The summed E-state index contributed by atoms with van der Waals surface area (Å²) in [5.74, 6) is -0.649. The van der Waals surface area contributed by atoms with Gasteiger partial charge < -0.3 is 4.74 Å². The summed E-state index contributed by atoms with van der Waals surface area (Å²) in [4.78, 5) is 12.6. The van der Waals surface area contributed by atoms with Gasteiger partial charge in [-0.1, -0.05) is 35.9 Å². The zero-order valence-electron chi connectivity index (χ0n) is 17.1. The van der Waals surface area contributed by atoms with E-state index in [1.54, 1.807) is 76.2 Å². The van der Waals surface area contributed by atoms with Crippen LogP contribution in [0.3, 0.4) is 0 Å². The Bertz CT molecular complexity index is 1140. The molecule has 7 heteroatoms. The van der Waals surface area contributed by atoms with Crippen LogP contribution in [0.25, 0.3) is 5.69 Å². The number of esters is 1. The van der Waals surface area contributed by atoms with Crippen LogP contribution < -0.4 is 4.74 Å². The average Bonchev–Trinajstić information content (AvgIpc) is 2.98. The molecule has 152 valence electrons. The minimum Gasteiger partial charge on any atom is -0.405 e. The van der Waals surface area contributed by atoms with Gasteiger partial charge in [-0.3, -0.25) is 4.79 Å². The Hall–Kier alpha value is -2.93. The summed E-state index contributed by atoms with van der Waals surface area (Å²) in [6.07, 6.45) is 0. The molecule has 3 aromatic rings. The highest BCUT2D eigenvalue weighted by Crippen LogP contribution is 2.35. The molecule has 0 amide bonds. The van der Waals surface area contributed by atoms with Crippen LogP contribution in [0.15, 0.2) is 64.4 Å². The highest BCUT2D eigenvalue weighted by Gasteiger charge is 2.34. The molecular formula is C22H24N2O4S. The molecule has 6 nitrogen and oxygen atoms in total. The standard InChI is InChI=1S/C22H24N2O4S/c1-15-11-13-18(14-12-15)29(26,27)19-16(2)23-24(17-9-7-6-8-10-17)20(19)28-21(25)22(3,4)5/h6-14H,1-5H3. The van der Waals surface area contributed by atoms with Crippen LogP contribution >= 0.6 is 0 Å². The van der Waals surface area contributed by atoms with E-state index in [2.05, 4.69) is 5.10 Å². The number of carbonyl (C=O) groups excluding carboxylic acids is 1. The molecule has 29 heavy (non-hydrogen) atoms. The van der Waals surface area contributed by atoms with Gasteiger partial charge >= 0.3 is 5.97 Å². The van der Waals surface area contributed by atoms with Gasteiger partial charge in [-0.15, -0.1) is 0 Å². The number of sulfone groups is 1. The van der Waals surface area contributed by atoms with E-state index < -0.39 is 21.2 Å². The van der Waals surface area contributed by atoms with Crippen molar-refractivity contribution >= 4 is 15.8 Å². The van der Waals surface area contributed by atoms with Gasteiger partial charge in [-0.25, -0.2) is 8.42 Å². The first-order chi connectivity index (χ1) is 13.5. The van der Waals surface area contributed by atoms with Crippen LogP contribution in [0.5, 0.6) is 5.88 Å². The normalized spacial score (nSPS) is 12.0. The van der Waals surface area contributed by atoms with E-state index in [0.29, 0.717) is 5.69 Å². The van der Waals surface area contributed by atoms with Gasteiger partial charge in [0.25, 0.3) is 0 Å². The first-order valence-electron chi connectivity index (χ1n) is 9.21. The zero-order chi connectivity index (χ0) is 21.4. The maximum Gasteiger partial charge on any atom is 0.317 e. The lowest BCUT2D eigenvalue weighted by molar-refractivity contribution is -0.143. The highest BCUT2D eigenvalue weighted by atomic mass is 32.2. The number of hydrogen-bond acceptors (Lipinski definition) is 5. The fourth-order valence-corrected chi connectivity index (χ4v) is 4.23. The Balaban J connectivity index is 2.25. The number of ether oxygens (including phenoxy) is 1. The van der Waals surface area contributed by atoms with Crippen molar-refractivity contribution in [1.82, 2.24) is 9.78 Å². The van der Waals surface area contributed by atoms with Crippen LogP contribution in [0.1, 0.15) is 32.0 Å². The topological polar surface area (TPSA) is 78.3 Å². The largest absolute Gasteiger partial charge is 0.405 e. The molecule has 0 aliphatic rings. The van der Waals surface area contributed by atoms with Gasteiger partial charge in [-0.2, -0.15) is 9.78 Å². The van der Waals surface area contributed by atoms with E-state index >= 15 is 0 Å². The molecule has 3 rings (SSSR count). The average molecular weight is 413 g/mol. The van der Waals surface area contributed by atoms with Gasteiger partial charge in [0, 0.05) is 0 Å². The molecule has 0 atom stereocenters. The Kier molecular flexibility index (Phi) is 5.36. The van der Waals surface area contributed by atoms with Crippen molar-refractivity contribution in [3.8, 4) is 11.6 Å². The zero-order valence-corrected chi connectivity index (χ0v) is 17.9. The Morgan fingerprint density at radius 1 is 0.966 bits per heavy atom. The van der Waals surface area contributed by atoms with Crippen molar-refractivity contribution in [3.63, 3.8) is 0 Å². The van der Waals surface area contributed by atoms with Crippen LogP contribution in [0.2, 0.25) is 0 Å². The molecule has 0 unspecified atom stereocenters. The van der Waals surface area contributed by atoms with Crippen molar-refractivity contribution < 1.29 is 17.9 Å². The number of nitrogens with zero attached hydrogens (tertiary/aromatic N) is 2. The molecule has 2 aromatic carbocycles. The Morgan fingerprint density at radius 2 is 1.55 bits per heavy atom. The summed E-state index contributed by atoms with van der Waals surface area (Å²) in [6, 6.07) is 15.5. The number of rotatable bonds is 4. The molecule has 0 saturated carbocycles. The van der Waals surface area contributed by atoms with Crippen LogP contribution in [-0.2, 0) is 14.6 Å². The predicted molar refractivity (Wildman–Crippen MR) is 110 cm³/mol. The maximum absolute atomic E-state index is 13.4. The second-order valence-electron chi connectivity index (χ2n) is 7.92. The van der Waals surface area contributed by atoms with Crippen LogP contribution in [0.4, 0.5) is 0 Å². The third kappa shape index (κ3) is 4.10. The van der Waals surface area contributed by atoms with E-state index in [-0.39, 0.29) is 21.4 Å². The fraction of sp³-hybridized carbons (Fsp3) is 0.273. The van der Waals surface area contributed by atoms with Crippen LogP contribution in [-0.4, -0.2) is 24.2 Å². The maximum atomic E-state index is 13.4. The second kappa shape index (κ2) is 7.48. The fourth-order valence-electron chi connectivity index (χ4n) is 2.71. The molecule has 0 aliphatic carbocycles. The first kappa shape index (κ1) is 20.8. The van der Waals surface area contributed by atoms with Gasteiger partial charge in [0.2, 0.25) is 15.7 Å². The molecular weight excluding hydrogens is 388 g/mol. The van der Waals surface area contributed by atoms with Gasteiger partial charge in [0.15, 0.2) is 4.90 Å². The Morgan fingerprint density at radius 3 is 2.10 bits per heavy atom. The van der Waals surface area contributed by atoms with Gasteiger partial charge in [0.1, 0.15) is 0 Å². The molecule has 0 spiro atoms. The van der Waals surface area contributed by atoms with Crippen LogP contribution in [0, 0.1) is 19.3 Å². The molecule has 0 bridgehead atoms. The van der Waals surface area contributed by atoms with E-state index in [0.717, 1.165) is 5.56 Å². The predicted octanol–water partition coefficient (Wildman–Crippen LogP) is 4.27. The molecule has 0 saturated heterocycles. The lowest BCUT2D eigenvalue weighted by Crippen LogP contribution is -2.27. The first-order valence-corrected chi connectivity index (χ1v) is 10.7. The number of aryl methyl sites for hydroxylation is 2. The van der Waals surface area contributed by atoms with E-state index in [9.17, 15) is 13.2 Å². The Labute approximate surface area is 171 Å². The van der Waals surface area contributed by atoms with Crippen molar-refractivity contribution in [2.24, 2.45) is 5.41 Å². The smallest absolute Gasteiger partial charge is 0.317 e. The lowest BCUT2D eigenvalue weighted by Gasteiger charge is -2.18. The molecule has 0 radical (unpaired) electrons. The minimum absolute atomic E-state index is 0.103. The molecule has 1 aromatic heterocycles. The molecule has 0 aliphatic heterocycles. The summed E-state index contributed by atoms with van der Waals surface area (Å²) >= 11 is 0. The summed E-state index contributed by atoms with van der Waals surface area (Å²) in [5, 5.41) is 4.39. The summed E-state index contributed by atoms with van der Waals surface area (Å²) in [5.41, 5.74) is 0.980. The van der Waals surface area contributed by atoms with E-state index in [1.807, 2.05) is 13.0 Å². The van der Waals surface area contributed by atoms with E-state index in [4.69, 9.17) is 4.74 Å². The van der Waals surface area contributed by atoms with E-state index in [1.165, 1.54) is 4.68 Å². The summed E-state index contributed by atoms with van der Waals surface area (Å²) < 4.78 is 33.8. The second-order valence-corrected chi connectivity index (χ2v) is 9.81. The summed E-state index contributed by atoms with van der Waals surface area (Å²) in [6.45, 7) is 8.60. The highest BCUT2D eigenvalue weighted by molar-refractivity contribution is 7.91. The molecule has 0 fully saturated rings. The SMILES string of the molecule is Cc1ccc(S(=O)(=O)c2c(C)nn(-c3ccccc3)c2OC(=O)C(C)(C)C)cc1.